The molecular weight excluding hydrogens is 442 g/mol. The number of para-hydroxylation sites is 1. The minimum atomic E-state index is -1.20. The topological polar surface area (TPSA) is 53.9 Å². The summed E-state index contributed by atoms with van der Waals surface area (Å²) >= 11 is 7.19. The second-order valence-electron chi connectivity index (χ2n) is 7.84. The van der Waals surface area contributed by atoms with Gasteiger partial charge in [-0.2, -0.15) is 5.10 Å². The molecule has 3 aromatic rings. The van der Waals surface area contributed by atoms with Crippen LogP contribution in [-0.4, -0.2) is 21.8 Å². The standard InChI is InChI=1S/C25H18ClN3O2S/c26-18-12-10-16(11-13-18)14-23-25(27-24(30)32-23)29-21(19-8-4-5-9-22(19)31-25)15-20(28-29)17-6-2-1-3-7-17/h1-14,21H,15H2,(H,27,30)/b23-14-/t21-,25-/m0/s1. The molecule has 0 radical (unpaired) electrons. The summed E-state index contributed by atoms with van der Waals surface area (Å²) in [5, 5.41) is 10.5. The number of hydrazone groups is 1. The number of ether oxygens (including phenoxy) is 1. The summed E-state index contributed by atoms with van der Waals surface area (Å²) < 4.78 is 6.53. The monoisotopic (exact) mass is 459 g/mol. The van der Waals surface area contributed by atoms with Crippen molar-refractivity contribution in [2.45, 2.75) is 18.3 Å². The van der Waals surface area contributed by atoms with Gasteiger partial charge >= 0.3 is 5.85 Å². The van der Waals surface area contributed by atoms with Crippen molar-refractivity contribution in [2.24, 2.45) is 5.10 Å². The van der Waals surface area contributed by atoms with Crippen LogP contribution in [0.15, 0.2) is 88.9 Å². The van der Waals surface area contributed by atoms with Crippen LogP contribution in [0.25, 0.3) is 6.08 Å². The number of carbonyl (C=O) groups is 1. The summed E-state index contributed by atoms with van der Waals surface area (Å²) in [7, 11) is 0. The van der Waals surface area contributed by atoms with E-state index in [1.807, 2.05) is 71.7 Å². The highest BCUT2D eigenvalue weighted by Crippen LogP contribution is 2.52. The van der Waals surface area contributed by atoms with E-state index in [1.165, 1.54) is 0 Å². The Balaban J connectivity index is 1.51. The SMILES string of the molecule is O=C1N[C@@]2(Oc3ccccc3[C@@H]3CC(c4ccccc4)=NN32)/C(=C/c2ccc(Cl)cc2)S1. The number of carbonyl (C=O) groups excluding carboxylic acids is 1. The van der Waals surface area contributed by atoms with Gasteiger partial charge in [0.25, 0.3) is 5.24 Å². The normalized spacial score (nSPS) is 24.7. The maximum atomic E-state index is 12.7. The first-order valence-electron chi connectivity index (χ1n) is 10.3. The number of rotatable bonds is 2. The molecule has 0 bridgehead atoms. The fourth-order valence-corrected chi connectivity index (χ4v) is 5.42. The molecule has 1 fully saturated rings. The zero-order chi connectivity index (χ0) is 21.7. The molecule has 1 spiro atoms. The van der Waals surface area contributed by atoms with Crippen molar-refractivity contribution in [1.29, 1.82) is 0 Å². The average molecular weight is 460 g/mol. The van der Waals surface area contributed by atoms with E-state index in [2.05, 4.69) is 23.5 Å². The van der Waals surface area contributed by atoms with E-state index in [9.17, 15) is 4.79 Å². The van der Waals surface area contributed by atoms with Crippen LogP contribution in [0, 0.1) is 0 Å². The molecule has 3 heterocycles. The van der Waals surface area contributed by atoms with Crippen LogP contribution in [-0.2, 0) is 0 Å². The highest BCUT2D eigenvalue weighted by molar-refractivity contribution is 8.17. The van der Waals surface area contributed by atoms with Crippen LogP contribution in [0.4, 0.5) is 4.79 Å². The summed E-state index contributed by atoms with van der Waals surface area (Å²) in [5.74, 6) is -0.445. The average Bonchev–Trinajstić information content (AvgIpc) is 3.39. The largest absolute Gasteiger partial charge is 0.444 e. The number of nitrogens with zero attached hydrogens (tertiary/aromatic N) is 2. The van der Waals surface area contributed by atoms with Crippen LogP contribution in [0.2, 0.25) is 5.02 Å². The summed E-state index contributed by atoms with van der Waals surface area (Å²) in [6.45, 7) is 0. The molecule has 7 heteroatoms. The Labute approximate surface area is 194 Å². The number of amides is 1. The molecule has 5 nitrogen and oxygen atoms in total. The van der Waals surface area contributed by atoms with Gasteiger partial charge < -0.3 is 4.74 Å². The van der Waals surface area contributed by atoms with E-state index in [-0.39, 0.29) is 11.3 Å². The third-order valence-electron chi connectivity index (χ3n) is 5.85. The Hall–Kier alpha value is -3.22. The molecule has 0 aromatic heterocycles. The molecule has 0 unspecified atom stereocenters. The number of nitrogens with one attached hydrogen (secondary N) is 1. The maximum Gasteiger partial charge on any atom is 0.314 e. The fourth-order valence-electron chi connectivity index (χ4n) is 4.38. The predicted octanol–water partition coefficient (Wildman–Crippen LogP) is 6.03. The molecule has 32 heavy (non-hydrogen) atoms. The van der Waals surface area contributed by atoms with Gasteiger partial charge in [-0.25, -0.2) is 5.01 Å². The third kappa shape index (κ3) is 3.10. The van der Waals surface area contributed by atoms with E-state index in [4.69, 9.17) is 21.4 Å². The van der Waals surface area contributed by atoms with Crippen LogP contribution >= 0.6 is 23.4 Å². The maximum absolute atomic E-state index is 12.7. The molecule has 6 rings (SSSR count). The Morgan fingerprint density at radius 1 is 1.06 bits per heavy atom. The van der Waals surface area contributed by atoms with Gasteiger partial charge in [-0.1, -0.05) is 72.3 Å². The third-order valence-corrected chi connectivity index (χ3v) is 7.01. The number of thioether (sulfide) groups is 1. The smallest absolute Gasteiger partial charge is 0.314 e. The first-order valence-corrected chi connectivity index (χ1v) is 11.5. The van der Waals surface area contributed by atoms with Gasteiger partial charge in [-0.05, 0) is 47.2 Å². The minimum absolute atomic E-state index is 0.0530. The van der Waals surface area contributed by atoms with E-state index < -0.39 is 5.85 Å². The lowest BCUT2D eigenvalue weighted by Crippen LogP contribution is -2.61. The molecule has 1 N–H and O–H groups in total. The van der Waals surface area contributed by atoms with Gasteiger partial charge in [-0.3, -0.25) is 10.1 Å². The fraction of sp³-hybridized carbons (Fsp3) is 0.120. The molecule has 0 saturated carbocycles. The van der Waals surface area contributed by atoms with Crippen molar-refractivity contribution >= 4 is 40.4 Å². The van der Waals surface area contributed by atoms with Crippen molar-refractivity contribution in [3.63, 3.8) is 0 Å². The molecule has 1 saturated heterocycles. The molecule has 1 amide bonds. The lowest BCUT2D eigenvalue weighted by molar-refractivity contribution is -0.0949. The van der Waals surface area contributed by atoms with Gasteiger partial charge in [0.05, 0.1) is 16.7 Å². The quantitative estimate of drug-likeness (QED) is 0.508. The van der Waals surface area contributed by atoms with Gasteiger partial charge in [0.15, 0.2) is 0 Å². The Morgan fingerprint density at radius 2 is 1.81 bits per heavy atom. The van der Waals surface area contributed by atoms with E-state index in [0.717, 1.165) is 51.2 Å². The minimum Gasteiger partial charge on any atom is -0.444 e. The summed E-state index contributed by atoms with van der Waals surface area (Å²) in [6, 6.07) is 25.5. The molecule has 158 valence electrons. The lowest BCUT2D eigenvalue weighted by atomic mass is 9.95. The molecule has 3 aliphatic heterocycles. The van der Waals surface area contributed by atoms with E-state index in [1.54, 1.807) is 0 Å². The Bertz CT molecular complexity index is 1280. The highest BCUT2D eigenvalue weighted by atomic mass is 35.5. The number of hydrogen-bond acceptors (Lipinski definition) is 5. The first-order chi connectivity index (χ1) is 15.6. The molecule has 3 aliphatic rings. The highest BCUT2D eigenvalue weighted by Gasteiger charge is 2.58. The van der Waals surface area contributed by atoms with Crippen LogP contribution < -0.4 is 10.1 Å². The number of halogens is 1. The second kappa shape index (κ2) is 7.43. The Kier molecular flexibility index (Phi) is 4.52. The van der Waals surface area contributed by atoms with Gasteiger partial charge in [0.2, 0.25) is 0 Å². The summed E-state index contributed by atoms with van der Waals surface area (Å²) in [4.78, 5) is 13.4. The van der Waals surface area contributed by atoms with Gasteiger partial charge in [0, 0.05) is 17.0 Å². The first kappa shape index (κ1) is 19.5. The van der Waals surface area contributed by atoms with Crippen LogP contribution in [0.5, 0.6) is 5.75 Å². The van der Waals surface area contributed by atoms with Crippen molar-refractivity contribution in [3.8, 4) is 5.75 Å². The number of hydrogen-bond donors (Lipinski definition) is 1. The van der Waals surface area contributed by atoms with E-state index in [0.29, 0.717) is 5.02 Å². The Morgan fingerprint density at radius 3 is 2.62 bits per heavy atom. The number of fused-ring (bicyclic) bond motifs is 4. The molecular formula is C25H18ClN3O2S. The zero-order valence-electron chi connectivity index (χ0n) is 16.9. The molecule has 2 atom stereocenters. The lowest BCUT2D eigenvalue weighted by Gasteiger charge is -2.45. The summed E-state index contributed by atoms with van der Waals surface area (Å²) in [6.07, 6.45) is 2.68. The van der Waals surface area contributed by atoms with Crippen molar-refractivity contribution in [2.75, 3.05) is 0 Å². The molecule has 3 aromatic carbocycles. The predicted molar refractivity (Wildman–Crippen MR) is 128 cm³/mol. The van der Waals surface area contributed by atoms with Gasteiger partial charge in [-0.15, -0.1) is 0 Å². The van der Waals surface area contributed by atoms with Crippen LogP contribution in [0.1, 0.15) is 29.2 Å². The zero-order valence-corrected chi connectivity index (χ0v) is 18.4. The van der Waals surface area contributed by atoms with Crippen molar-refractivity contribution in [1.82, 2.24) is 10.3 Å². The van der Waals surface area contributed by atoms with Gasteiger partial charge in [0.1, 0.15) is 5.75 Å². The molecule has 0 aliphatic carbocycles. The van der Waals surface area contributed by atoms with Crippen molar-refractivity contribution < 1.29 is 9.53 Å². The van der Waals surface area contributed by atoms with Crippen LogP contribution in [0.3, 0.4) is 0 Å². The summed E-state index contributed by atoms with van der Waals surface area (Å²) in [5.41, 5.74) is 4.02. The van der Waals surface area contributed by atoms with E-state index >= 15 is 0 Å². The second-order valence-corrected chi connectivity index (χ2v) is 9.29. The number of benzene rings is 3. The van der Waals surface area contributed by atoms with Crippen molar-refractivity contribution in [3.05, 3.63) is 105 Å².